The molecule has 0 atom stereocenters. The second kappa shape index (κ2) is 13.8. The third-order valence-electron chi connectivity index (χ3n) is 7.11. The van der Waals surface area contributed by atoms with Gasteiger partial charge in [-0.25, -0.2) is 9.97 Å². The number of halogens is 1. The van der Waals surface area contributed by atoms with Gasteiger partial charge in [-0.2, -0.15) is 0 Å². The number of amides is 1. The van der Waals surface area contributed by atoms with Gasteiger partial charge in [0.25, 0.3) is 0 Å². The van der Waals surface area contributed by atoms with Gasteiger partial charge in [0.1, 0.15) is 17.8 Å². The van der Waals surface area contributed by atoms with Gasteiger partial charge in [-0.1, -0.05) is 23.4 Å². The molecule has 1 saturated heterocycles. The van der Waals surface area contributed by atoms with Crippen molar-refractivity contribution in [2.45, 2.75) is 19.8 Å². The van der Waals surface area contributed by atoms with Crippen molar-refractivity contribution in [3.8, 4) is 34.8 Å². The van der Waals surface area contributed by atoms with Crippen LogP contribution >= 0.6 is 11.6 Å². The van der Waals surface area contributed by atoms with Gasteiger partial charge in [0.2, 0.25) is 12.7 Å². The van der Waals surface area contributed by atoms with Crippen molar-refractivity contribution in [1.29, 1.82) is 0 Å². The Morgan fingerprint density at radius 1 is 1.07 bits per heavy atom. The van der Waals surface area contributed by atoms with Gasteiger partial charge in [-0.05, 0) is 18.6 Å². The smallest absolute Gasteiger partial charge is 0.231 e. The van der Waals surface area contributed by atoms with Crippen molar-refractivity contribution in [3.63, 3.8) is 0 Å². The van der Waals surface area contributed by atoms with Crippen LogP contribution in [0, 0.1) is 11.8 Å². The Morgan fingerprint density at radius 3 is 2.64 bits per heavy atom. The molecule has 2 aromatic carbocycles. The molecular formula is C30H34ClN5O6. The highest BCUT2D eigenvalue weighted by Crippen LogP contribution is 2.47. The molecule has 0 bridgehead atoms. The van der Waals surface area contributed by atoms with Crippen molar-refractivity contribution < 1.29 is 28.5 Å². The monoisotopic (exact) mass is 595 g/mol. The minimum atomic E-state index is 0.0603. The molecule has 1 N–H and O–H groups in total. The highest BCUT2D eigenvalue weighted by molar-refractivity contribution is 6.34. The van der Waals surface area contributed by atoms with Crippen molar-refractivity contribution in [3.05, 3.63) is 35.1 Å². The molecule has 0 saturated carbocycles. The van der Waals surface area contributed by atoms with E-state index in [0.717, 1.165) is 44.5 Å². The highest BCUT2D eigenvalue weighted by atomic mass is 35.5. The van der Waals surface area contributed by atoms with Gasteiger partial charge in [0.05, 0.1) is 36.4 Å². The topological polar surface area (TPSA) is 108 Å². The lowest BCUT2D eigenvalue weighted by Crippen LogP contribution is -2.48. The number of piperazine rings is 1. The average molecular weight is 596 g/mol. The molecule has 5 rings (SSSR count). The summed E-state index contributed by atoms with van der Waals surface area (Å²) in [5, 5.41) is 4.44. The molecule has 42 heavy (non-hydrogen) atoms. The molecule has 222 valence electrons. The maximum atomic E-state index is 11.5. The molecule has 2 aliphatic heterocycles. The number of benzene rings is 2. The number of carbonyl (C=O) groups is 1. The summed E-state index contributed by atoms with van der Waals surface area (Å²) in [6.45, 7) is 6.92. The van der Waals surface area contributed by atoms with E-state index in [1.807, 2.05) is 17.0 Å². The quantitative estimate of drug-likeness (QED) is 0.272. The van der Waals surface area contributed by atoms with Crippen LogP contribution in [0.25, 0.3) is 10.9 Å². The summed E-state index contributed by atoms with van der Waals surface area (Å²) < 4.78 is 28.3. The molecule has 0 unspecified atom stereocenters. The SMILES string of the molecule is COCCC#Cc1cc(Cl)c(Nc2ncnc3cc(OCCCN4CCN(C(C)=O)CC4)c(OC)cc23)c2c1OCO2. The number of aromatic nitrogens is 2. The fourth-order valence-corrected chi connectivity index (χ4v) is 5.11. The van der Waals surface area contributed by atoms with Crippen molar-refractivity contribution in [2.24, 2.45) is 0 Å². The number of rotatable bonds is 10. The van der Waals surface area contributed by atoms with E-state index in [0.29, 0.717) is 70.2 Å². The first-order valence-electron chi connectivity index (χ1n) is 13.8. The van der Waals surface area contributed by atoms with Crippen LogP contribution in [0.2, 0.25) is 5.02 Å². The number of methoxy groups -OCH3 is 2. The van der Waals surface area contributed by atoms with Crippen molar-refractivity contribution in [2.75, 3.05) is 72.3 Å². The Hall–Kier alpha value is -3.98. The summed E-state index contributed by atoms with van der Waals surface area (Å²) in [5.41, 5.74) is 1.84. The van der Waals surface area contributed by atoms with E-state index in [9.17, 15) is 4.79 Å². The summed E-state index contributed by atoms with van der Waals surface area (Å²) in [4.78, 5) is 24.7. The molecule has 1 amide bonds. The first-order chi connectivity index (χ1) is 20.5. The first kappa shape index (κ1) is 29.5. The number of anilines is 2. The van der Waals surface area contributed by atoms with Crippen LogP contribution in [-0.4, -0.2) is 92.6 Å². The second-order valence-electron chi connectivity index (χ2n) is 9.81. The third-order valence-corrected chi connectivity index (χ3v) is 7.40. The molecule has 3 aromatic rings. The molecule has 1 aromatic heterocycles. The van der Waals surface area contributed by atoms with Crippen molar-refractivity contribution in [1.82, 2.24) is 19.8 Å². The normalized spacial score (nSPS) is 14.4. The number of carbonyl (C=O) groups excluding carboxylic acids is 1. The lowest BCUT2D eigenvalue weighted by Gasteiger charge is -2.34. The van der Waals surface area contributed by atoms with E-state index >= 15 is 0 Å². The van der Waals surface area contributed by atoms with Gasteiger partial charge in [-0.3, -0.25) is 9.69 Å². The molecule has 0 aliphatic carbocycles. The van der Waals surface area contributed by atoms with E-state index in [-0.39, 0.29) is 12.7 Å². The minimum absolute atomic E-state index is 0.0603. The Bertz CT molecular complexity index is 1500. The lowest BCUT2D eigenvalue weighted by molar-refractivity contribution is -0.130. The number of nitrogens with zero attached hydrogens (tertiary/aromatic N) is 4. The highest BCUT2D eigenvalue weighted by Gasteiger charge is 2.26. The van der Waals surface area contributed by atoms with E-state index in [4.69, 9.17) is 35.3 Å². The lowest BCUT2D eigenvalue weighted by atomic mass is 10.1. The summed E-state index contributed by atoms with van der Waals surface area (Å²) in [6.07, 6.45) is 2.91. The van der Waals surface area contributed by atoms with Crippen LogP contribution in [0.5, 0.6) is 23.0 Å². The minimum Gasteiger partial charge on any atom is -0.493 e. The van der Waals surface area contributed by atoms with Crippen molar-refractivity contribution >= 4 is 39.9 Å². The van der Waals surface area contributed by atoms with Crippen LogP contribution in [-0.2, 0) is 9.53 Å². The Labute approximate surface area is 250 Å². The van der Waals surface area contributed by atoms with Gasteiger partial charge in [0, 0.05) is 64.6 Å². The zero-order chi connectivity index (χ0) is 29.5. The van der Waals surface area contributed by atoms with Gasteiger partial charge in [0.15, 0.2) is 23.0 Å². The number of fused-ring (bicyclic) bond motifs is 2. The van der Waals surface area contributed by atoms with E-state index in [1.165, 1.54) is 6.33 Å². The zero-order valence-corrected chi connectivity index (χ0v) is 24.8. The molecule has 1 fully saturated rings. The average Bonchev–Trinajstić information content (AvgIpc) is 3.49. The number of ether oxygens (including phenoxy) is 5. The number of hydrogen-bond donors (Lipinski definition) is 1. The van der Waals surface area contributed by atoms with Crippen LogP contribution in [0.15, 0.2) is 24.5 Å². The van der Waals surface area contributed by atoms with E-state index in [1.54, 1.807) is 27.2 Å². The third kappa shape index (κ3) is 6.73. The van der Waals surface area contributed by atoms with Gasteiger partial charge in [-0.15, -0.1) is 0 Å². The molecular weight excluding hydrogens is 562 g/mol. The van der Waals surface area contributed by atoms with E-state index < -0.39 is 0 Å². The number of hydrogen-bond acceptors (Lipinski definition) is 10. The Kier molecular flexibility index (Phi) is 9.69. The van der Waals surface area contributed by atoms with E-state index in [2.05, 4.69) is 32.0 Å². The van der Waals surface area contributed by atoms with Crippen LogP contribution in [0.1, 0.15) is 25.3 Å². The summed E-state index contributed by atoms with van der Waals surface area (Å²) >= 11 is 6.69. The standard InChI is InChI=1S/C30H34ClN5O6/c1-20(37)36-11-9-35(10-12-36)8-6-14-40-26-17-24-22(16-25(26)39-3)30(33-18-32-24)34-27-23(31)15-21(7-4-5-13-38-2)28-29(27)42-19-41-28/h15-18H,5-6,8-14,19H2,1-3H3,(H,32,33,34). The number of nitrogens with one attached hydrogen (secondary N) is 1. The van der Waals surface area contributed by atoms with Crippen LogP contribution < -0.4 is 24.3 Å². The molecule has 11 nitrogen and oxygen atoms in total. The summed E-state index contributed by atoms with van der Waals surface area (Å²) in [7, 11) is 3.23. The molecule has 2 aliphatic rings. The molecule has 3 heterocycles. The van der Waals surface area contributed by atoms with Crippen LogP contribution in [0.3, 0.4) is 0 Å². The predicted molar refractivity (Wildman–Crippen MR) is 159 cm³/mol. The van der Waals surface area contributed by atoms with Gasteiger partial charge < -0.3 is 33.9 Å². The second-order valence-corrected chi connectivity index (χ2v) is 10.2. The summed E-state index contributed by atoms with van der Waals surface area (Å²) in [6, 6.07) is 5.43. The Balaban J connectivity index is 1.30. The maximum Gasteiger partial charge on any atom is 0.231 e. The fourth-order valence-electron chi connectivity index (χ4n) is 4.87. The molecule has 12 heteroatoms. The van der Waals surface area contributed by atoms with Gasteiger partial charge >= 0.3 is 0 Å². The largest absolute Gasteiger partial charge is 0.493 e. The maximum absolute atomic E-state index is 11.5. The molecule has 0 spiro atoms. The summed E-state index contributed by atoms with van der Waals surface area (Å²) in [5.74, 6) is 8.97. The predicted octanol–water partition coefficient (Wildman–Crippen LogP) is 4.09. The Morgan fingerprint density at radius 2 is 1.88 bits per heavy atom. The molecule has 0 radical (unpaired) electrons. The van der Waals surface area contributed by atoms with Crippen LogP contribution in [0.4, 0.5) is 11.5 Å². The fraction of sp³-hybridized carbons (Fsp3) is 0.433. The zero-order valence-electron chi connectivity index (χ0n) is 24.0. The first-order valence-corrected chi connectivity index (χ1v) is 14.2.